The quantitative estimate of drug-likeness (QED) is 0.521. The first-order chi connectivity index (χ1) is 7.88. The number of aliphatic hydroxyl groups excluding tert-OH is 2. The fourth-order valence-corrected chi connectivity index (χ4v) is 1.23. The highest BCUT2D eigenvalue weighted by atomic mass is 19.1. The molecule has 1 aromatic carbocycles. The van der Waals surface area contributed by atoms with Crippen LogP contribution in [0.15, 0.2) is 12.1 Å². The van der Waals surface area contributed by atoms with Gasteiger partial charge in [-0.15, -0.1) is 0 Å². The van der Waals surface area contributed by atoms with E-state index in [2.05, 4.69) is 4.74 Å². The minimum absolute atomic E-state index is 0.405. The summed E-state index contributed by atoms with van der Waals surface area (Å²) in [5.74, 6) is -3.25. The van der Waals surface area contributed by atoms with Crippen LogP contribution in [0.5, 0.6) is 0 Å². The number of halogens is 2. The molecule has 94 valence electrons. The van der Waals surface area contributed by atoms with E-state index in [1.54, 1.807) is 0 Å². The molecule has 0 saturated heterocycles. The Labute approximate surface area is 95.4 Å². The van der Waals surface area contributed by atoms with E-state index in [9.17, 15) is 23.8 Å². The van der Waals surface area contributed by atoms with Crippen LogP contribution in [0.2, 0.25) is 0 Å². The van der Waals surface area contributed by atoms with Crippen LogP contribution in [0.25, 0.3) is 0 Å². The molecule has 0 aliphatic rings. The first-order valence-corrected chi connectivity index (χ1v) is 4.56. The molecular weight excluding hydrogens is 236 g/mol. The highest BCUT2D eigenvalue weighted by Gasteiger charge is 2.29. The van der Waals surface area contributed by atoms with Crippen molar-refractivity contribution in [2.75, 3.05) is 12.8 Å². The van der Waals surface area contributed by atoms with Crippen LogP contribution in [0.1, 0.15) is 11.7 Å². The summed E-state index contributed by atoms with van der Waals surface area (Å²) in [5, 5.41) is 18.8. The molecule has 7 heteroatoms. The highest BCUT2D eigenvalue weighted by molar-refractivity contribution is 5.75. The van der Waals surface area contributed by atoms with Crippen LogP contribution in [-0.2, 0) is 9.53 Å². The van der Waals surface area contributed by atoms with Gasteiger partial charge in [0.05, 0.1) is 12.8 Å². The van der Waals surface area contributed by atoms with Gasteiger partial charge in [-0.25, -0.2) is 13.6 Å². The SMILES string of the molecule is COC(=O)C(O)C(O)c1cc(N)c(F)cc1F. The van der Waals surface area contributed by atoms with Gasteiger partial charge in [0.2, 0.25) is 0 Å². The molecule has 2 atom stereocenters. The van der Waals surface area contributed by atoms with Gasteiger partial charge in [-0.2, -0.15) is 0 Å². The molecule has 0 amide bonds. The summed E-state index contributed by atoms with van der Waals surface area (Å²) in [7, 11) is 0.994. The van der Waals surface area contributed by atoms with E-state index < -0.39 is 41.1 Å². The van der Waals surface area contributed by atoms with Crippen molar-refractivity contribution >= 4 is 11.7 Å². The van der Waals surface area contributed by atoms with Crippen molar-refractivity contribution in [2.45, 2.75) is 12.2 Å². The van der Waals surface area contributed by atoms with Crippen molar-refractivity contribution in [1.82, 2.24) is 0 Å². The third kappa shape index (κ3) is 2.69. The number of ether oxygens (including phenoxy) is 1. The van der Waals surface area contributed by atoms with Gasteiger partial charge in [-0.1, -0.05) is 0 Å². The summed E-state index contributed by atoms with van der Waals surface area (Å²) >= 11 is 0. The van der Waals surface area contributed by atoms with Crippen LogP contribution in [0.4, 0.5) is 14.5 Å². The number of nitrogens with two attached hydrogens (primary N) is 1. The minimum Gasteiger partial charge on any atom is -0.467 e. The maximum atomic E-state index is 13.3. The molecular formula is C10H11F2NO4. The first-order valence-electron chi connectivity index (χ1n) is 4.56. The molecule has 0 aromatic heterocycles. The Morgan fingerprint density at radius 3 is 2.47 bits per heavy atom. The summed E-state index contributed by atoms with van der Waals surface area (Å²) in [6.45, 7) is 0. The smallest absolute Gasteiger partial charge is 0.337 e. The van der Waals surface area contributed by atoms with Crippen LogP contribution in [0.3, 0.4) is 0 Å². The van der Waals surface area contributed by atoms with E-state index in [1.165, 1.54) is 0 Å². The molecule has 1 aromatic rings. The van der Waals surface area contributed by atoms with Gasteiger partial charge in [0.25, 0.3) is 0 Å². The maximum Gasteiger partial charge on any atom is 0.337 e. The van der Waals surface area contributed by atoms with Gasteiger partial charge in [0, 0.05) is 11.6 Å². The van der Waals surface area contributed by atoms with Crippen LogP contribution < -0.4 is 5.73 Å². The number of hydrogen-bond acceptors (Lipinski definition) is 5. The minimum atomic E-state index is -1.97. The van der Waals surface area contributed by atoms with Crippen molar-refractivity contribution in [2.24, 2.45) is 0 Å². The van der Waals surface area contributed by atoms with E-state index in [4.69, 9.17) is 5.73 Å². The van der Waals surface area contributed by atoms with Gasteiger partial charge in [-0.3, -0.25) is 0 Å². The van der Waals surface area contributed by atoms with E-state index in [0.717, 1.165) is 13.2 Å². The second kappa shape index (κ2) is 5.07. The molecule has 0 bridgehead atoms. The van der Waals surface area contributed by atoms with Crippen LogP contribution >= 0.6 is 0 Å². The normalized spacial score (nSPS) is 14.2. The molecule has 17 heavy (non-hydrogen) atoms. The van der Waals surface area contributed by atoms with Gasteiger partial charge < -0.3 is 20.7 Å². The molecule has 0 spiro atoms. The molecule has 0 saturated carbocycles. The van der Waals surface area contributed by atoms with Crippen molar-refractivity contribution < 1.29 is 28.5 Å². The zero-order chi connectivity index (χ0) is 13.2. The zero-order valence-corrected chi connectivity index (χ0v) is 8.85. The van der Waals surface area contributed by atoms with Gasteiger partial charge in [0.15, 0.2) is 6.10 Å². The standard InChI is InChI=1S/C10H11F2NO4/c1-17-10(16)9(15)8(14)4-2-7(13)6(12)3-5(4)11/h2-3,8-9,14-15H,13H2,1H3. The lowest BCUT2D eigenvalue weighted by atomic mass is 10.0. The fraction of sp³-hybridized carbons (Fsp3) is 0.300. The van der Waals surface area contributed by atoms with Crippen LogP contribution in [-0.4, -0.2) is 29.4 Å². The Balaban J connectivity index is 3.08. The monoisotopic (exact) mass is 247 g/mol. The number of nitrogen functional groups attached to an aromatic ring is 1. The Hall–Kier alpha value is -1.73. The van der Waals surface area contributed by atoms with Gasteiger partial charge >= 0.3 is 5.97 Å². The molecule has 2 unspecified atom stereocenters. The third-order valence-corrected chi connectivity index (χ3v) is 2.18. The van der Waals surface area contributed by atoms with E-state index >= 15 is 0 Å². The number of methoxy groups -OCH3 is 1. The van der Waals surface area contributed by atoms with Crippen molar-refractivity contribution in [3.63, 3.8) is 0 Å². The molecule has 4 N–H and O–H groups in total. The summed E-state index contributed by atoms with van der Waals surface area (Å²) < 4.78 is 30.3. The average molecular weight is 247 g/mol. The lowest BCUT2D eigenvalue weighted by molar-refractivity contribution is -0.156. The number of carbonyl (C=O) groups excluding carboxylic acids is 1. The summed E-state index contributed by atoms with van der Waals surface area (Å²) in [6.07, 6.45) is -3.86. The fourth-order valence-electron chi connectivity index (χ4n) is 1.23. The van der Waals surface area contributed by atoms with E-state index in [0.29, 0.717) is 6.07 Å². The number of anilines is 1. The van der Waals surface area contributed by atoms with Crippen molar-refractivity contribution in [3.05, 3.63) is 29.3 Å². The molecule has 0 fully saturated rings. The predicted molar refractivity (Wildman–Crippen MR) is 53.8 cm³/mol. The zero-order valence-electron chi connectivity index (χ0n) is 8.85. The Morgan fingerprint density at radius 1 is 1.35 bits per heavy atom. The lowest BCUT2D eigenvalue weighted by Crippen LogP contribution is -2.29. The van der Waals surface area contributed by atoms with Gasteiger partial charge in [0.1, 0.15) is 17.7 Å². The Bertz CT molecular complexity index is 439. The second-order valence-electron chi connectivity index (χ2n) is 3.31. The van der Waals surface area contributed by atoms with E-state index in [1.807, 2.05) is 0 Å². The molecule has 1 rings (SSSR count). The number of carbonyl (C=O) groups is 1. The number of rotatable bonds is 3. The summed E-state index contributed by atoms with van der Waals surface area (Å²) in [5.41, 5.74) is 4.30. The highest BCUT2D eigenvalue weighted by Crippen LogP contribution is 2.25. The number of esters is 1. The van der Waals surface area contributed by atoms with Crippen LogP contribution in [0, 0.1) is 11.6 Å². The third-order valence-electron chi connectivity index (χ3n) is 2.18. The lowest BCUT2D eigenvalue weighted by Gasteiger charge is -2.17. The number of aliphatic hydroxyl groups is 2. The van der Waals surface area contributed by atoms with Crippen molar-refractivity contribution in [3.8, 4) is 0 Å². The van der Waals surface area contributed by atoms with Gasteiger partial charge in [-0.05, 0) is 6.07 Å². The van der Waals surface area contributed by atoms with Crippen molar-refractivity contribution in [1.29, 1.82) is 0 Å². The summed E-state index contributed by atoms with van der Waals surface area (Å²) in [4.78, 5) is 10.9. The van der Waals surface area contributed by atoms with E-state index in [-0.39, 0.29) is 0 Å². The number of hydrogen-bond donors (Lipinski definition) is 3. The maximum absolute atomic E-state index is 13.3. The molecule has 0 radical (unpaired) electrons. The predicted octanol–water partition coefficient (Wildman–Crippen LogP) is 0.114. The first kappa shape index (κ1) is 13.3. The molecule has 0 aliphatic carbocycles. The second-order valence-corrected chi connectivity index (χ2v) is 3.31. The largest absolute Gasteiger partial charge is 0.467 e. The topological polar surface area (TPSA) is 92.8 Å². The Morgan fingerprint density at radius 2 is 1.94 bits per heavy atom. The average Bonchev–Trinajstić information content (AvgIpc) is 2.31. The molecule has 0 heterocycles. The number of benzene rings is 1. The Kier molecular flexibility index (Phi) is 3.97. The summed E-state index contributed by atoms with van der Waals surface area (Å²) in [6, 6.07) is 1.26. The molecule has 0 aliphatic heterocycles. The molecule has 5 nitrogen and oxygen atoms in total.